The van der Waals surface area contributed by atoms with Crippen LogP contribution < -0.4 is 10.6 Å². The Morgan fingerprint density at radius 1 is 0.966 bits per heavy atom. The van der Waals surface area contributed by atoms with Crippen LogP contribution in [-0.4, -0.2) is 23.9 Å². The van der Waals surface area contributed by atoms with E-state index in [4.69, 9.17) is 4.74 Å². The quantitative estimate of drug-likeness (QED) is 0.591. The second kappa shape index (κ2) is 9.11. The average Bonchev–Trinajstić information content (AvgIpc) is 3.25. The van der Waals surface area contributed by atoms with Crippen LogP contribution in [0.4, 0.5) is 15.8 Å². The highest BCUT2D eigenvalue weighted by Gasteiger charge is 2.20. The number of amides is 2. The molecule has 2 aromatic carbocycles. The van der Waals surface area contributed by atoms with E-state index >= 15 is 0 Å². The molecule has 1 aromatic heterocycles. The van der Waals surface area contributed by atoms with Gasteiger partial charge in [-0.1, -0.05) is 18.2 Å². The Kier molecular flexibility index (Phi) is 6.36. The van der Waals surface area contributed by atoms with Crippen LogP contribution in [0, 0.1) is 5.82 Å². The molecule has 29 heavy (non-hydrogen) atoms. The number of hydrogen-bond donors (Lipinski definition) is 2. The van der Waals surface area contributed by atoms with Crippen molar-refractivity contribution in [2.75, 3.05) is 10.6 Å². The van der Waals surface area contributed by atoms with Gasteiger partial charge in [0.1, 0.15) is 5.82 Å². The summed E-state index contributed by atoms with van der Waals surface area (Å²) >= 11 is 1.32. The number of para-hydroxylation sites is 1. The number of halogens is 1. The van der Waals surface area contributed by atoms with Crippen molar-refractivity contribution in [3.8, 4) is 0 Å². The third kappa shape index (κ3) is 5.26. The molecule has 8 heteroatoms. The number of nitrogens with one attached hydrogen (secondary N) is 2. The first kappa shape index (κ1) is 20.2. The first-order chi connectivity index (χ1) is 13.9. The molecule has 6 nitrogen and oxygen atoms in total. The van der Waals surface area contributed by atoms with Crippen molar-refractivity contribution < 1.29 is 23.5 Å². The average molecular weight is 412 g/mol. The van der Waals surface area contributed by atoms with Crippen molar-refractivity contribution in [3.63, 3.8) is 0 Å². The van der Waals surface area contributed by atoms with E-state index in [1.807, 2.05) is 0 Å². The Morgan fingerprint density at radius 3 is 2.34 bits per heavy atom. The van der Waals surface area contributed by atoms with Crippen LogP contribution in [-0.2, 0) is 9.53 Å². The number of hydrogen-bond acceptors (Lipinski definition) is 5. The maximum atomic E-state index is 13.6. The molecule has 0 unspecified atom stereocenters. The van der Waals surface area contributed by atoms with E-state index in [9.17, 15) is 18.8 Å². The first-order valence-electron chi connectivity index (χ1n) is 8.65. The maximum absolute atomic E-state index is 13.6. The molecule has 3 rings (SSSR count). The minimum absolute atomic E-state index is 0.00577. The van der Waals surface area contributed by atoms with Gasteiger partial charge in [0, 0.05) is 5.69 Å². The van der Waals surface area contributed by atoms with E-state index in [0.717, 1.165) is 0 Å². The lowest BCUT2D eigenvalue weighted by Crippen LogP contribution is -2.30. The Hall–Kier alpha value is -3.52. The summed E-state index contributed by atoms with van der Waals surface area (Å²) in [5.74, 6) is -2.19. The standard InChI is InChI=1S/C21H17FN2O4S/c1-13(19(25)24-17-6-3-2-5-16(17)22)28-21(27)14-8-10-15(11-9-14)23-20(26)18-7-4-12-29-18/h2-13H,1H3,(H,23,26)(H,24,25)/t13-/m0/s1. The molecule has 148 valence electrons. The summed E-state index contributed by atoms with van der Waals surface area (Å²) in [5, 5.41) is 6.90. The monoisotopic (exact) mass is 412 g/mol. The van der Waals surface area contributed by atoms with E-state index in [2.05, 4.69) is 10.6 Å². The summed E-state index contributed by atoms with van der Waals surface area (Å²) < 4.78 is 18.7. The van der Waals surface area contributed by atoms with Gasteiger partial charge in [0.2, 0.25) is 0 Å². The van der Waals surface area contributed by atoms with Crippen molar-refractivity contribution in [2.45, 2.75) is 13.0 Å². The fourth-order valence-corrected chi connectivity index (χ4v) is 2.99. The summed E-state index contributed by atoms with van der Waals surface area (Å²) in [6.07, 6.45) is -1.12. The number of carbonyl (C=O) groups is 3. The molecule has 0 fully saturated rings. The van der Waals surface area contributed by atoms with Crippen LogP contribution in [0.5, 0.6) is 0 Å². The van der Waals surface area contributed by atoms with Crippen molar-refractivity contribution in [1.82, 2.24) is 0 Å². The molecule has 0 spiro atoms. The molecule has 0 saturated heterocycles. The lowest BCUT2D eigenvalue weighted by atomic mass is 10.2. The molecule has 0 aliphatic rings. The summed E-state index contributed by atoms with van der Waals surface area (Å²) in [7, 11) is 0. The Labute approximate surface area is 170 Å². The normalized spacial score (nSPS) is 11.4. The van der Waals surface area contributed by atoms with Crippen molar-refractivity contribution in [2.24, 2.45) is 0 Å². The van der Waals surface area contributed by atoms with Gasteiger partial charge in [0.25, 0.3) is 11.8 Å². The third-order valence-corrected chi connectivity index (χ3v) is 4.78. The van der Waals surface area contributed by atoms with Crippen molar-refractivity contribution in [1.29, 1.82) is 0 Å². The van der Waals surface area contributed by atoms with Crippen LogP contribution in [0.15, 0.2) is 66.0 Å². The van der Waals surface area contributed by atoms with Gasteiger partial charge < -0.3 is 15.4 Å². The lowest BCUT2D eigenvalue weighted by Gasteiger charge is -2.14. The van der Waals surface area contributed by atoms with Gasteiger partial charge in [-0.05, 0) is 54.8 Å². The highest BCUT2D eigenvalue weighted by atomic mass is 32.1. The molecule has 2 N–H and O–H groups in total. The zero-order valence-corrected chi connectivity index (χ0v) is 16.2. The van der Waals surface area contributed by atoms with Crippen molar-refractivity contribution in [3.05, 3.63) is 82.3 Å². The highest BCUT2D eigenvalue weighted by molar-refractivity contribution is 7.12. The maximum Gasteiger partial charge on any atom is 0.338 e. The fourth-order valence-electron chi connectivity index (χ4n) is 2.37. The van der Waals surface area contributed by atoms with Crippen LogP contribution in [0.1, 0.15) is 27.0 Å². The predicted octanol–water partition coefficient (Wildman–Crippen LogP) is 4.32. The fraction of sp³-hybridized carbons (Fsp3) is 0.0952. The molecule has 0 saturated carbocycles. The van der Waals surface area contributed by atoms with E-state index in [-0.39, 0.29) is 17.2 Å². The Bertz CT molecular complexity index is 1020. The van der Waals surface area contributed by atoms with E-state index in [0.29, 0.717) is 10.6 Å². The second-order valence-corrected chi connectivity index (χ2v) is 6.97. The molecule has 3 aromatic rings. The van der Waals surface area contributed by atoms with Gasteiger partial charge in [0.05, 0.1) is 16.1 Å². The number of esters is 1. The smallest absolute Gasteiger partial charge is 0.338 e. The molecule has 0 bridgehead atoms. The minimum atomic E-state index is -1.12. The van der Waals surface area contributed by atoms with E-state index < -0.39 is 23.8 Å². The Morgan fingerprint density at radius 2 is 1.69 bits per heavy atom. The molecule has 1 heterocycles. The molecular formula is C21H17FN2O4S. The SMILES string of the molecule is C[C@H](OC(=O)c1ccc(NC(=O)c2cccs2)cc1)C(=O)Nc1ccccc1F. The summed E-state index contributed by atoms with van der Waals surface area (Å²) in [6, 6.07) is 15.3. The lowest BCUT2D eigenvalue weighted by molar-refractivity contribution is -0.123. The van der Waals surface area contributed by atoms with Gasteiger partial charge in [-0.25, -0.2) is 9.18 Å². The van der Waals surface area contributed by atoms with Gasteiger partial charge in [-0.3, -0.25) is 9.59 Å². The summed E-state index contributed by atoms with van der Waals surface area (Å²) in [4.78, 5) is 37.0. The molecule has 0 aliphatic carbocycles. The highest BCUT2D eigenvalue weighted by Crippen LogP contribution is 2.16. The first-order valence-corrected chi connectivity index (χ1v) is 9.53. The predicted molar refractivity (Wildman–Crippen MR) is 109 cm³/mol. The number of anilines is 2. The number of carbonyl (C=O) groups excluding carboxylic acids is 3. The molecule has 2 amide bonds. The molecule has 0 radical (unpaired) electrons. The number of benzene rings is 2. The third-order valence-electron chi connectivity index (χ3n) is 3.91. The molecular weight excluding hydrogens is 395 g/mol. The van der Waals surface area contributed by atoms with E-state index in [1.54, 1.807) is 35.7 Å². The van der Waals surface area contributed by atoms with Gasteiger partial charge in [-0.2, -0.15) is 0 Å². The topological polar surface area (TPSA) is 84.5 Å². The molecule has 0 aliphatic heterocycles. The van der Waals surface area contributed by atoms with Crippen LogP contribution >= 0.6 is 11.3 Å². The van der Waals surface area contributed by atoms with Gasteiger partial charge in [-0.15, -0.1) is 11.3 Å². The number of thiophene rings is 1. The minimum Gasteiger partial charge on any atom is -0.449 e. The Balaban J connectivity index is 1.56. The van der Waals surface area contributed by atoms with Gasteiger partial charge >= 0.3 is 5.97 Å². The van der Waals surface area contributed by atoms with E-state index in [1.165, 1.54) is 48.6 Å². The van der Waals surface area contributed by atoms with Crippen LogP contribution in [0.25, 0.3) is 0 Å². The van der Waals surface area contributed by atoms with Gasteiger partial charge in [0.15, 0.2) is 6.10 Å². The number of rotatable bonds is 6. The van der Waals surface area contributed by atoms with Crippen molar-refractivity contribution >= 4 is 40.5 Å². The zero-order chi connectivity index (χ0) is 20.8. The second-order valence-electron chi connectivity index (χ2n) is 6.03. The van der Waals surface area contributed by atoms with Crippen LogP contribution in [0.3, 0.4) is 0 Å². The largest absolute Gasteiger partial charge is 0.449 e. The zero-order valence-electron chi connectivity index (χ0n) is 15.3. The summed E-state index contributed by atoms with van der Waals surface area (Å²) in [5.41, 5.74) is 0.737. The number of ether oxygens (including phenoxy) is 1. The molecule has 1 atom stereocenters. The summed E-state index contributed by atoms with van der Waals surface area (Å²) in [6.45, 7) is 1.39. The van der Waals surface area contributed by atoms with Crippen LogP contribution in [0.2, 0.25) is 0 Å².